The fraction of sp³-hybridized carbons (Fsp3) is 0.444. The molecule has 3 aromatic rings. The summed E-state index contributed by atoms with van der Waals surface area (Å²) in [4.78, 5) is 51.6. The van der Waals surface area contributed by atoms with Gasteiger partial charge in [0.25, 0.3) is 5.56 Å². The zero-order valence-electron chi connectivity index (χ0n) is 16.5. The van der Waals surface area contributed by atoms with Gasteiger partial charge in [-0.3, -0.25) is 18.7 Å². The number of halogens is 1. The minimum atomic E-state index is -0.481. The average Bonchev–Trinajstić information content (AvgIpc) is 3.16. The normalized spacial score (nSPS) is 16.8. The predicted octanol–water partition coefficient (Wildman–Crippen LogP) is 0.0562. The highest BCUT2D eigenvalue weighted by Gasteiger charge is 2.26. The van der Waals surface area contributed by atoms with Crippen molar-refractivity contribution in [3.8, 4) is 6.01 Å². The van der Waals surface area contributed by atoms with Crippen LogP contribution in [0.5, 0.6) is 6.01 Å². The van der Waals surface area contributed by atoms with Gasteiger partial charge in [-0.25, -0.2) is 19.7 Å². The molecule has 1 atom stereocenters. The van der Waals surface area contributed by atoms with Crippen LogP contribution in [0.2, 0.25) is 0 Å². The van der Waals surface area contributed by atoms with Gasteiger partial charge in [-0.1, -0.05) is 0 Å². The van der Waals surface area contributed by atoms with Crippen molar-refractivity contribution in [3.63, 3.8) is 0 Å². The second-order valence-electron chi connectivity index (χ2n) is 7.16. The molecule has 0 aliphatic carbocycles. The predicted molar refractivity (Wildman–Crippen MR) is 110 cm³/mol. The summed E-state index contributed by atoms with van der Waals surface area (Å²) in [5.41, 5.74) is -0.468. The molecule has 1 aliphatic heterocycles. The number of nitrogens with zero attached hydrogens (tertiary/aromatic N) is 7. The molecule has 1 unspecified atom stereocenters. The van der Waals surface area contributed by atoms with E-state index in [4.69, 9.17) is 4.74 Å². The highest BCUT2D eigenvalue weighted by Crippen LogP contribution is 2.17. The van der Waals surface area contributed by atoms with Crippen LogP contribution in [-0.4, -0.2) is 58.7 Å². The molecule has 1 amide bonds. The van der Waals surface area contributed by atoms with Crippen LogP contribution in [0, 0.1) is 0 Å². The molecule has 0 aromatic carbocycles. The Hall–Kier alpha value is -3.02. The number of imidazole rings is 1. The highest BCUT2D eigenvalue weighted by molar-refractivity contribution is 9.10. The molecule has 11 nitrogen and oxygen atoms in total. The Morgan fingerprint density at radius 3 is 2.67 bits per heavy atom. The maximum atomic E-state index is 12.9. The van der Waals surface area contributed by atoms with E-state index in [1.54, 1.807) is 24.3 Å². The van der Waals surface area contributed by atoms with Crippen molar-refractivity contribution < 1.29 is 9.53 Å². The zero-order valence-corrected chi connectivity index (χ0v) is 18.1. The topological polar surface area (TPSA) is 117 Å². The Labute approximate surface area is 179 Å². The van der Waals surface area contributed by atoms with Gasteiger partial charge in [0.2, 0.25) is 5.91 Å². The Morgan fingerprint density at radius 2 is 1.93 bits per heavy atom. The van der Waals surface area contributed by atoms with E-state index in [0.717, 1.165) is 21.9 Å². The number of carbonyl (C=O) groups excluding carboxylic acids is 1. The third-order valence-electron chi connectivity index (χ3n) is 5.12. The first-order valence-corrected chi connectivity index (χ1v) is 10.2. The van der Waals surface area contributed by atoms with Crippen molar-refractivity contribution in [3.05, 3.63) is 44.0 Å². The Kier molecular flexibility index (Phi) is 5.41. The molecule has 12 heteroatoms. The molecular formula is C18H20BrN7O4. The summed E-state index contributed by atoms with van der Waals surface area (Å²) in [7, 11) is 2.94. The van der Waals surface area contributed by atoms with Crippen LogP contribution in [0.15, 0.2) is 32.8 Å². The molecule has 1 fully saturated rings. The van der Waals surface area contributed by atoms with E-state index in [9.17, 15) is 14.4 Å². The summed E-state index contributed by atoms with van der Waals surface area (Å²) < 4.78 is 10.4. The van der Waals surface area contributed by atoms with E-state index in [0.29, 0.717) is 13.1 Å². The number of likely N-dealkylation sites (tertiary alicyclic amines) is 1. The molecular weight excluding hydrogens is 458 g/mol. The van der Waals surface area contributed by atoms with E-state index in [2.05, 4.69) is 30.9 Å². The third-order valence-corrected chi connectivity index (χ3v) is 5.53. The van der Waals surface area contributed by atoms with Gasteiger partial charge in [-0.05, 0) is 28.8 Å². The Morgan fingerprint density at radius 1 is 1.20 bits per heavy atom. The van der Waals surface area contributed by atoms with Gasteiger partial charge in [-0.15, -0.1) is 0 Å². The lowest BCUT2D eigenvalue weighted by Gasteiger charge is -2.32. The van der Waals surface area contributed by atoms with E-state index in [1.807, 2.05) is 0 Å². The van der Waals surface area contributed by atoms with Gasteiger partial charge in [-0.2, -0.15) is 0 Å². The molecule has 0 bridgehead atoms. The smallest absolute Gasteiger partial charge is 0.332 e. The van der Waals surface area contributed by atoms with E-state index in [1.165, 1.54) is 22.5 Å². The minimum Gasteiger partial charge on any atom is -0.458 e. The van der Waals surface area contributed by atoms with Crippen molar-refractivity contribution in [2.24, 2.45) is 14.1 Å². The number of hydrogen-bond donors (Lipinski definition) is 0. The number of aryl methyl sites for hydroxylation is 1. The van der Waals surface area contributed by atoms with Crippen LogP contribution < -0.4 is 16.0 Å². The second-order valence-corrected chi connectivity index (χ2v) is 8.07. The SMILES string of the molecule is Cn1c(=O)c2c(ncn2CC(=O)N2CCCC(Oc3ncc(Br)cn3)C2)n(C)c1=O. The first kappa shape index (κ1) is 20.3. The van der Waals surface area contributed by atoms with Crippen LogP contribution in [0.4, 0.5) is 0 Å². The monoisotopic (exact) mass is 477 g/mol. The number of aromatic nitrogens is 6. The number of piperidine rings is 1. The molecule has 0 spiro atoms. The molecule has 1 saturated heterocycles. The van der Waals surface area contributed by atoms with Crippen molar-refractivity contribution in [1.29, 1.82) is 0 Å². The summed E-state index contributed by atoms with van der Waals surface area (Å²) in [6.07, 6.45) is 5.99. The quantitative estimate of drug-likeness (QED) is 0.521. The fourth-order valence-electron chi connectivity index (χ4n) is 3.53. The van der Waals surface area contributed by atoms with E-state index < -0.39 is 11.2 Å². The molecule has 0 N–H and O–H groups in total. The molecule has 0 saturated carbocycles. The molecule has 4 rings (SSSR count). The lowest BCUT2D eigenvalue weighted by molar-refractivity contribution is -0.134. The average molecular weight is 478 g/mol. The van der Waals surface area contributed by atoms with Gasteiger partial charge in [0.15, 0.2) is 11.2 Å². The number of amides is 1. The van der Waals surface area contributed by atoms with Gasteiger partial charge >= 0.3 is 11.7 Å². The third kappa shape index (κ3) is 3.74. The molecule has 1 aliphatic rings. The number of carbonyl (C=O) groups is 1. The van der Waals surface area contributed by atoms with Crippen molar-refractivity contribution >= 4 is 33.0 Å². The van der Waals surface area contributed by atoms with Crippen LogP contribution in [0.25, 0.3) is 11.2 Å². The largest absolute Gasteiger partial charge is 0.458 e. The van der Waals surface area contributed by atoms with Crippen molar-refractivity contribution in [1.82, 2.24) is 33.6 Å². The summed E-state index contributed by atoms with van der Waals surface area (Å²) in [5.74, 6) is -0.157. The second kappa shape index (κ2) is 8.01. The fourth-order valence-corrected chi connectivity index (χ4v) is 3.74. The lowest BCUT2D eigenvalue weighted by atomic mass is 10.1. The summed E-state index contributed by atoms with van der Waals surface area (Å²) >= 11 is 3.28. The minimum absolute atomic E-state index is 0.0502. The highest BCUT2D eigenvalue weighted by atomic mass is 79.9. The van der Waals surface area contributed by atoms with Crippen molar-refractivity contribution in [2.75, 3.05) is 13.1 Å². The first-order chi connectivity index (χ1) is 14.3. The number of ether oxygens (including phenoxy) is 1. The van der Waals surface area contributed by atoms with Gasteiger partial charge < -0.3 is 14.2 Å². The summed E-state index contributed by atoms with van der Waals surface area (Å²) in [5, 5.41) is 0. The maximum absolute atomic E-state index is 12.9. The number of rotatable bonds is 4. The first-order valence-electron chi connectivity index (χ1n) is 9.38. The van der Waals surface area contributed by atoms with Crippen LogP contribution in [0.1, 0.15) is 12.8 Å². The van der Waals surface area contributed by atoms with Crippen LogP contribution >= 0.6 is 15.9 Å². The van der Waals surface area contributed by atoms with Crippen molar-refractivity contribution in [2.45, 2.75) is 25.5 Å². The van der Waals surface area contributed by atoms with Gasteiger partial charge in [0, 0.05) is 33.0 Å². The number of fused-ring (bicyclic) bond motifs is 1. The van der Waals surface area contributed by atoms with E-state index >= 15 is 0 Å². The molecule has 3 aromatic heterocycles. The van der Waals surface area contributed by atoms with Gasteiger partial charge in [0.05, 0.1) is 17.3 Å². The zero-order chi connectivity index (χ0) is 21.4. The summed E-state index contributed by atoms with van der Waals surface area (Å²) in [6.45, 7) is 0.954. The Balaban J connectivity index is 1.50. The molecule has 30 heavy (non-hydrogen) atoms. The van der Waals surface area contributed by atoms with E-state index in [-0.39, 0.29) is 35.7 Å². The lowest BCUT2D eigenvalue weighted by Crippen LogP contribution is -2.46. The van der Waals surface area contributed by atoms with Crippen LogP contribution in [0.3, 0.4) is 0 Å². The number of hydrogen-bond acceptors (Lipinski definition) is 7. The standard InChI is InChI=1S/C18H20BrN7O4/c1-23-15-14(16(28)24(2)18(23)29)26(10-22-15)9-13(27)25-5-3-4-12(8-25)30-17-20-6-11(19)7-21-17/h6-7,10,12H,3-5,8-9H2,1-2H3. The Bertz CT molecular complexity index is 1210. The molecule has 158 valence electrons. The maximum Gasteiger partial charge on any atom is 0.332 e. The summed E-state index contributed by atoms with van der Waals surface area (Å²) in [6, 6.07) is 0.266. The molecule has 4 heterocycles. The van der Waals surface area contributed by atoms with Crippen LogP contribution in [-0.2, 0) is 25.4 Å². The molecule has 0 radical (unpaired) electrons. The van der Waals surface area contributed by atoms with Gasteiger partial charge in [0.1, 0.15) is 12.6 Å².